The molecule has 1 aromatic heterocycles. The van der Waals surface area contributed by atoms with E-state index in [4.69, 9.17) is 10.5 Å². The van der Waals surface area contributed by atoms with Crippen LogP contribution < -0.4 is 10.5 Å². The van der Waals surface area contributed by atoms with Crippen LogP contribution >= 0.6 is 0 Å². The van der Waals surface area contributed by atoms with Crippen LogP contribution in [0, 0.1) is 0 Å². The lowest BCUT2D eigenvalue weighted by Crippen LogP contribution is -2.10. The average molecular weight is 164 g/mol. The van der Waals surface area contributed by atoms with Crippen molar-refractivity contribution in [3.8, 4) is 5.75 Å². The Kier molecular flexibility index (Phi) is 1.96. The summed E-state index contributed by atoms with van der Waals surface area (Å²) in [5.41, 5.74) is 7.67. The van der Waals surface area contributed by atoms with Gasteiger partial charge in [-0.05, 0) is 24.5 Å². The van der Waals surface area contributed by atoms with E-state index in [0.29, 0.717) is 6.54 Å². The molecule has 0 unspecified atom stereocenters. The minimum Gasteiger partial charge on any atom is -0.492 e. The fourth-order valence-electron chi connectivity index (χ4n) is 1.42. The van der Waals surface area contributed by atoms with E-state index >= 15 is 0 Å². The predicted molar refractivity (Wildman–Crippen MR) is 45.9 cm³/mol. The number of aryl methyl sites for hydroxylation is 1. The van der Waals surface area contributed by atoms with Crippen LogP contribution in [0.1, 0.15) is 17.7 Å². The SMILES string of the molecule is NCc1cc2c(cn1)OCCC2. The molecule has 0 bridgehead atoms. The molecular formula is C9H12N2O. The van der Waals surface area contributed by atoms with E-state index in [9.17, 15) is 0 Å². The predicted octanol–water partition coefficient (Wildman–Crippen LogP) is 0.865. The molecule has 0 saturated carbocycles. The van der Waals surface area contributed by atoms with Crippen molar-refractivity contribution in [2.75, 3.05) is 6.61 Å². The molecule has 1 aliphatic rings. The second-order valence-corrected chi connectivity index (χ2v) is 2.94. The molecule has 3 nitrogen and oxygen atoms in total. The molecule has 0 aliphatic carbocycles. The number of rotatable bonds is 1. The van der Waals surface area contributed by atoms with E-state index in [-0.39, 0.29) is 0 Å². The van der Waals surface area contributed by atoms with Crippen molar-refractivity contribution in [2.45, 2.75) is 19.4 Å². The Balaban J connectivity index is 2.36. The van der Waals surface area contributed by atoms with Gasteiger partial charge in [0.05, 0.1) is 18.5 Å². The van der Waals surface area contributed by atoms with Crippen LogP contribution in [0.25, 0.3) is 0 Å². The first-order valence-electron chi connectivity index (χ1n) is 4.21. The van der Waals surface area contributed by atoms with Gasteiger partial charge >= 0.3 is 0 Å². The molecule has 0 amide bonds. The first-order valence-corrected chi connectivity index (χ1v) is 4.21. The summed E-state index contributed by atoms with van der Waals surface area (Å²) in [6.07, 6.45) is 3.96. The maximum Gasteiger partial charge on any atom is 0.140 e. The number of nitrogens with zero attached hydrogens (tertiary/aromatic N) is 1. The smallest absolute Gasteiger partial charge is 0.140 e. The quantitative estimate of drug-likeness (QED) is 0.669. The number of hydrogen-bond donors (Lipinski definition) is 1. The van der Waals surface area contributed by atoms with Gasteiger partial charge in [0.25, 0.3) is 0 Å². The summed E-state index contributed by atoms with van der Waals surface area (Å²) < 4.78 is 5.42. The van der Waals surface area contributed by atoms with Gasteiger partial charge in [0, 0.05) is 6.54 Å². The summed E-state index contributed by atoms with van der Waals surface area (Å²) in [5.74, 6) is 0.929. The van der Waals surface area contributed by atoms with Gasteiger partial charge in [-0.15, -0.1) is 0 Å². The van der Waals surface area contributed by atoms with Crippen molar-refractivity contribution >= 4 is 0 Å². The van der Waals surface area contributed by atoms with Crippen LogP contribution in [0.3, 0.4) is 0 Å². The number of ether oxygens (including phenoxy) is 1. The van der Waals surface area contributed by atoms with Gasteiger partial charge in [-0.2, -0.15) is 0 Å². The third-order valence-corrected chi connectivity index (χ3v) is 2.06. The van der Waals surface area contributed by atoms with Gasteiger partial charge in [-0.25, -0.2) is 0 Å². The summed E-state index contributed by atoms with van der Waals surface area (Å²) >= 11 is 0. The lowest BCUT2D eigenvalue weighted by atomic mass is 10.1. The van der Waals surface area contributed by atoms with Gasteiger partial charge < -0.3 is 10.5 Å². The molecule has 12 heavy (non-hydrogen) atoms. The highest BCUT2D eigenvalue weighted by Crippen LogP contribution is 2.23. The van der Waals surface area contributed by atoms with E-state index in [1.807, 2.05) is 6.07 Å². The number of pyridine rings is 1. The van der Waals surface area contributed by atoms with E-state index in [1.54, 1.807) is 6.20 Å². The van der Waals surface area contributed by atoms with E-state index in [0.717, 1.165) is 30.9 Å². The van der Waals surface area contributed by atoms with Gasteiger partial charge in [-0.3, -0.25) is 4.98 Å². The number of aromatic nitrogens is 1. The molecular weight excluding hydrogens is 152 g/mol. The van der Waals surface area contributed by atoms with Crippen LogP contribution in [0.4, 0.5) is 0 Å². The van der Waals surface area contributed by atoms with Crippen LogP contribution in [0.5, 0.6) is 5.75 Å². The van der Waals surface area contributed by atoms with Crippen LogP contribution in [-0.4, -0.2) is 11.6 Å². The molecule has 0 fully saturated rings. The Morgan fingerprint density at radius 2 is 2.50 bits per heavy atom. The molecule has 0 aromatic carbocycles. The fourth-order valence-corrected chi connectivity index (χ4v) is 1.42. The Labute approximate surface area is 71.6 Å². The second kappa shape index (κ2) is 3.11. The topological polar surface area (TPSA) is 48.1 Å². The molecule has 0 radical (unpaired) electrons. The zero-order valence-corrected chi connectivity index (χ0v) is 6.92. The summed E-state index contributed by atoms with van der Waals surface area (Å²) in [6, 6.07) is 2.04. The number of fused-ring (bicyclic) bond motifs is 1. The maximum atomic E-state index is 5.48. The van der Waals surface area contributed by atoms with Gasteiger partial charge in [0.2, 0.25) is 0 Å². The molecule has 0 atom stereocenters. The molecule has 1 aromatic rings. The molecule has 3 heteroatoms. The molecule has 64 valence electrons. The van der Waals surface area contributed by atoms with Gasteiger partial charge in [0.15, 0.2) is 0 Å². The molecule has 2 heterocycles. The van der Waals surface area contributed by atoms with Crippen molar-refractivity contribution in [1.29, 1.82) is 0 Å². The zero-order valence-electron chi connectivity index (χ0n) is 6.92. The summed E-state index contributed by atoms with van der Waals surface area (Å²) in [5, 5.41) is 0. The number of hydrogen-bond acceptors (Lipinski definition) is 3. The normalized spacial score (nSPS) is 15.1. The lowest BCUT2D eigenvalue weighted by Gasteiger charge is -2.16. The fraction of sp³-hybridized carbons (Fsp3) is 0.444. The van der Waals surface area contributed by atoms with Crippen LogP contribution in [0.2, 0.25) is 0 Å². The molecule has 2 rings (SSSR count). The Bertz CT molecular complexity index is 286. The highest BCUT2D eigenvalue weighted by Gasteiger charge is 2.10. The van der Waals surface area contributed by atoms with E-state index < -0.39 is 0 Å². The summed E-state index contributed by atoms with van der Waals surface area (Å²) in [4.78, 5) is 4.16. The van der Waals surface area contributed by atoms with Crippen LogP contribution in [0.15, 0.2) is 12.3 Å². The standard InChI is InChI=1S/C9H12N2O/c10-5-8-4-7-2-1-3-12-9(7)6-11-8/h4,6H,1-3,5,10H2. The first kappa shape index (κ1) is 7.55. The van der Waals surface area contributed by atoms with Crippen LogP contribution in [-0.2, 0) is 13.0 Å². The zero-order chi connectivity index (χ0) is 8.39. The largest absolute Gasteiger partial charge is 0.492 e. The maximum absolute atomic E-state index is 5.48. The molecule has 2 N–H and O–H groups in total. The van der Waals surface area contributed by atoms with Gasteiger partial charge in [0.1, 0.15) is 5.75 Å². The highest BCUT2D eigenvalue weighted by molar-refractivity contribution is 5.33. The van der Waals surface area contributed by atoms with E-state index in [2.05, 4.69) is 4.98 Å². The second-order valence-electron chi connectivity index (χ2n) is 2.94. The lowest BCUT2D eigenvalue weighted by molar-refractivity contribution is 0.287. The van der Waals surface area contributed by atoms with Crippen molar-refractivity contribution in [2.24, 2.45) is 5.73 Å². The average Bonchev–Trinajstić information content (AvgIpc) is 2.17. The Morgan fingerprint density at radius 3 is 3.33 bits per heavy atom. The minimum absolute atomic E-state index is 0.507. The number of nitrogens with two attached hydrogens (primary N) is 1. The molecule has 1 aliphatic heterocycles. The molecule has 0 saturated heterocycles. The Morgan fingerprint density at radius 1 is 1.58 bits per heavy atom. The Hall–Kier alpha value is -1.09. The van der Waals surface area contributed by atoms with Crippen molar-refractivity contribution in [3.05, 3.63) is 23.5 Å². The highest BCUT2D eigenvalue weighted by atomic mass is 16.5. The van der Waals surface area contributed by atoms with Crippen molar-refractivity contribution < 1.29 is 4.74 Å². The summed E-state index contributed by atoms with van der Waals surface area (Å²) in [6.45, 7) is 1.32. The van der Waals surface area contributed by atoms with E-state index in [1.165, 1.54) is 5.56 Å². The van der Waals surface area contributed by atoms with Crippen molar-refractivity contribution in [3.63, 3.8) is 0 Å². The third-order valence-electron chi connectivity index (χ3n) is 2.06. The summed E-state index contributed by atoms with van der Waals surface area (Å²) in [7, 11) is 0. The van der Waals surface area contributed by atoms with Crippen molar-refractivity contribution in [1.82, 2.24) is 4.98 Å². The van der Waals surface area contributed by atoms with Gasteiger partial charge in [-0.1, -0.05) is 0 Å². The first-order chi connectivity index (χ1) is 5.90. The molecule has 0 spiro atoms. The minimum atomic E-state index is 0.507. The third kappa shape index (κ3) is 1.28. The monoisotopic (exact) mass is 164 g/mol.